The molecule has 19 heavy (non-hydrogen) atoms. The van der Waals surface area contributed by atoms with E-state index in [2.05, 4.69) is 0 Å². The highest BCUT2D eigenvalue weighted by molar-refractivity contribution is 5.81. The van der Waals surface area contributed by atoms with Gasteiger partial charge in [-0.25, -0.2) is 0 Å². The molecule has 3 N–H and O–H groups in total. The third kappa shape index (κ3) is 3.33. The van der Waals surface area contributed by atoms with E-state index in [1.165, 1.54) is 0 Å². The Hall–Kier alpha value is -1.39. The molecule has 0 aliphatic carbocycles. The number of nitrogens with zero attached hydrogens (tertiary/aromatic N) is 1. The first-order valence-corrected chi connectivity index (χ1v) is 6.88. The number of hydrogen-bond donors (Lipinski definition) is 2. The first kappa shape index (κ1) is 14.0. The van der Waals surface area contributed by atoms with Crippen LogP contribution in [0.5, 0.6) is 0 Å². The number of carbonyl (C=O) groups excluding carboxylic acids is 1. The van der Waals surface area contributed by atoms with Crippen LogP contribution >= 0.6 is 0 Å². The molecule has 1 amide bonds. The maximum Gasteiger partial charge on any atom is 0.239 e. The summed E-state index contributed by atoms with van der Waals surface area (Å²) >= 11 is 0. The predicted octanol–water partition coefficient (Wildman–Crippen LogP) is 1.45. The molecule has 1 fully saturated rings. The summed E-state index contributed by atoms with van der Waals surface area (Å²) in [4.78, 5) is 13.8. The topological polar surface area (TPSA) is 66.6 Å². The summed E-state index contributed by atoms with van der Waals surface area (Å²) in [6.07, 6.45) is 2.00. The second-order valence-electron chi connectivity index (χ2n) is 5.28. The summed E-state index contributed by atoms with van der Waals surface area (Å²) < 4.78 is 0. The zero-order valence-corrected chi connectivity index (χ0v) is 11.3. The maximum atomic E-state index is 12.0. The zero-order chi connectivity index (χ0) is 13.8. The summed E-state index contributed by atoms with van der Waals surface area (Å²) in [5.41, 5.74) is 6.57. The lowest BCUT2D eigenvalue weighted by molar-refractivity contribution is -0.133. The van der Waals surface area contributed by atoms with Crippen molar-refractivity contribution in [2.45, 2.75) is 44.4 Å². The quantitative estimate of drug-likeness (QED) is 0.863. The molecule has 1 saturated heterocycles. The summed E-state index contributed by atoms with van der Waals surface area (Å²) in [7, 11) is 0. The fraction of sp³-hybridized carbons (Fsp3) is 0.533. The van der Waals surface area contributed by atoms with Crippen molar-refractivity contribution >= 4 is 5.91 Å². The van der Waals surface area contributed by atoms with Crippen LogP contribution in [-0.4, -0.2) is 34.5 Å². The monoisotopic (exact) mass is 262 g/mol. The van der Waals surface area contributed by atoms with E-state index in [0.29, 0.717) is 6.42 Å². The van der Waals surface area contributed by atoms with Gasteiger partial charge in [0.15, 0.2) is 0 Å². The number of benzene rings is 1. The predicted molar refractivity (Wildman–Crippen MR) is 74.4 cm³/mol. The van der Waals surface area contributed by atoms with E-state index < -0.39 is 12.1 Å². The minimum atomic E-state index is -0.521. The Balaban J connectivity index is 2.00. The molecule has 4 nitrogen and oxygen atoms in total. The Morgan fingerprint density at radius 3 is 2.79 bits per heavy atom. The number of carbonyl (C=O) groups is 1. The molecule has 0 bridgehead atoms. The largest absolute Gasteiger partial charge is 0.388 e. The van der Waals surface area contributed by atoms with Gasteiger partial charge in [0.05, 0.1) is 12.1 Å². The molecule has 1 aromatic rings. The van der Waals surface area contributed by atoms with Gasteiger partial charge in [0.1, 0.15) is 0 Å². The van der Waals surface area contributed by atoms with Crippen molar-refractivity contribution in [3.05, 3.63) is 35.9 Å². The van der Waals surface area contributed by atoms with E-state index in [-0.39, 0.29) is 11.9 Å². The van der Waals surface area contributed by atoms with Crippen LogP contribution in [0.1, 0.15) is 37.9 Å². The summed E-state index contributed by atoms with van der Waals surface area (Å²) in [6, 6.07) is 9.23. The van der Waals surface area contributed by atoms with Crippen LogP contribution in [0.25, 0.3) is 0 Å². The molecule has 2 rings (SSSR count). The van der Waals surface area contributed by atoms with Gasteiger partial charge in [0.25, 0.3) is 0 Å². The lowest BCUT2D eigenvalue weighted by Gasteiger charge is -2.28. The Bertz CT molecular complexity index is 419. The minimum Gasteiger partial charge on any atom is -0.388 e. The van der Waals surface area contributed by atoms with E-state index in [1.807, 2.05) is 35.2 Å². The first-order chi connectivity index (χ1) is 9.09. The van der Waals surface area contributed by atoms with Crippen LogP contribution in [0.4, 0.5) is 0 Å². The lowest BCUT2D eigenvalue weighted by Crippen LogP contribution is -2.44. The van der Waals surface area contributed by atoms with Gasteiger partial charge in [-0.2, -0.15) is 0 Å². The van der Waals surface area contributed by atoms with Crippen molar-refractivity contribution in [3.8, 4) is 0 Å². The second kappa shape index (κ2) is 6.17. The molecule has 4 heteroatoms. The Labute approximate surface area is 114 Å². The van der Waals surface area contributed by atoms with E-state index in [4.69, 9.17) is 5.73 Å². The molecule has 1 aromatic carbocycles. The van der Waals surface area contributed by atoms with Crippen molar-refractivity contribution < 1.29 is 9.90 Å². The van der Waals surface area contributed by atoms with Gasteiger partial charge in [0.2, 0.25) is 5.91 Å². The van der Waals surface area contributed by atoms with Crippen molar-refractivity contribution in [3.63, 3.8) is 0 Å². The molecule has 1 aliphatic rings. The standard InChI is InChI=1S/C15H22N2O2/c1-11(16)15(19)17-9-5-8-13(17)10-14(18)12-6-3-2-4-7-12/h2-4,6-7,11,13-14,18H,5,8-10,16H2,1H3/t11-,13-,14-/m1/s1. The van der Waals surface area contributed by atoms with Gasteiger partial charge in [0, 0.05) is 12.6 Å². The molecule has 0 radical (unpaired) electrons. The number of likely N-dealkylation sites (tertiary alicyclic amines) is 1. The van der Waals surface area contributed by atoms with Crippen molar-refractivity contribution in [1.82, 2.24) is 4.90 Å². The number of aliphatic hydroxyl groups excluding tert-OH is 1. The van der Waals surface area contributed by atoms with E-state index in [1.54, 1.807) is 6.92 Å². The normalized spacial score (nSPS) is 22.3. The van der Waals surface area contributed by atoms with E-state index in [9.17, 15) is 9.90 Å². The van der Waals surface area contributed by atoms with Crippen LogP contribution in [0.2, 0.25) is 0 Å². The molecule has 104 valence electrons. The van der Waals surface area contributed by atoms with Gasteiger partial charge in [-0.3, -0.25) is 4.79 Å². The van der Waals surface area contributed by atoms with Crippen molar-refractivity contribution in [2.75, 3.05) is 6.54 Å². The third-order valence-corrected chi connectivity index (χ3v) is 3.73. The van der Waals surface area contributed by atoms with Crippen LogP contribution in [-0.2, 0) is 4.79 Å². The molecule has 0 spiro atoms. The number of amides is 1. The van der Waals surface area contributed by atoms with Crippen LogP contribution in [0.15, 0.2) is 30.3 Å². The zero-order valence-electron chi connectivity index (χ0n) is 11.3. The summed E-state index contributed by atoms with van der Waals surface area (Å²) in [5.74, 6) is -0.0113. The molecule has 0 unspecified atom stereocenters. The van der Waals surface area contributed by atoms with E-state index >= 15 is 0 Å². The number of aliphatic hydroxyl groups is 1. The fourth-order valence-electron chi connectivity index (χ4n) is 2.70. The van der Waals surface area contributed by atoms with E-state index in [0.717, 1.165) is 24.9 Å². The smallest absolute Gasteiger partial charge is 0.239 e. The average Bonchev–Trinajstić information content (AvgIpc) is 2.86. The molecule has 1 heterocycles. The highest BCUT2D eigenvalue weighted by Gasteiger charge is 2.31. The fourth-order valence-corrected chi connectivity index (χ4v) is 2.70. The maximum absolute atomic E-state index is 12.0. The number of rotatable bonds is 4. The Morgan fingerprint density at radius 1 is 1.47 bits per heavy atom. The van der Waals surface area contributed by atoms with Crippen LogP contribution in [0.3, 0.4) is 0 Å². The molecular formula is C15H22N2O2. The minimum absolute atomic E-state index is 0.0113. The van der Waals surface area contributed by atoms with Crippen molar-refractivity contribution in [2.24, 2.45) is 5.73 Å². The number of hydrogen-bond acceptors (Lipinski definition) is 3. The van der Waals surface area contributed by atoms with Gasteiger partial charge in [-0.05, 0) is 31.7 Å². The molecule has 3 atom stereocenters. The lowest BCUT2D eigenvalue weighted by atomic mass is 10.0. The van der Waals surface area contributed by atoms with Gasteiger partial charge < -0.3 is 15.7 Å². The van der Waals surface area contributed by atoms with Gasteiger partial charge >= 0.3 is 0 Å². The Morgan fingerprint density at radius 2 is 2.16 bits per heavy atom. The SMILES string of the molecule is C[C@@H](N)C(=O)N1CCC[C@@H]1C[C@@H](O)c1ccccc1. The summed E-state index contributed by atoms with van der Waals surface area (Å²) in [5, 5.41) is 10.2. The van der Waals surface area contributed by atoms with Crippen LogP contribution in [0, 0.1) is 0 Å². The highest BCUT2D eigenvalue weighted by atomic mass is 16.3. The number of nitrogens with two attached hydrogens (primary N) is 1. The Kier molecular flexibility index (Phi) is 4.56. The summed E-state index contributed by atoms with van der Waals surface area (Å²) in [6.45, 7) is 2.47. The third-order valence-electron chi connectivity index (χ3n) is 3.73. The van der Waals surface area contributed by atoms with Crippen LogP contribution < -0.4 is 5.73 Å². The van der Waals surface area contributed by atoms with Gasteiger partial charge in [-0.15, -0.1) is 0 Å². The molecule has 0 saturated carbocycles. The molecular weight excluding hydrogens is 240 g/mol. The molecule has 0 aromatic heterocycles. The first-order valence-electron chi connectivity index (χ1n) is 6.88. The highest BCUT2D eigenvalue weighted by Crippen LogP contribution is 2.27. The van der Waals surface area contributed by atoms with Crippen molar-refractivity contribution in [1.29, 1.82) is 0 Å². The molecule has 1 aliphatic heterocycles. The second-order valence-corrected chi connectivity index (χ2v) is 5.28. The van der Waals surface area contributed by atoms with Gasteiger partial charge in [-0.1, -0.05) is 30.3 Å². The average molecular weight is 262 g/mol.